The van der Waals surface area contributed by atoms with Gasteiger partial charge in [-0.3, -0.25) is 4.79 Å². The standard InChI is InChI=1S/C10H11N5O3S/c1-19-8-13-5-4(6(11)14-8)12-7(16)10(5)2-15(3-10)9(17)18/h2-3H2,1H3,(H,12,16)(H,17,18)(H2,11,13,14). The molecule has 0 radical (unpaired) electrons. The van der Waals surface area contributed by atoms with Crippen LogP contribution in [0, 0.1) is 0 Å². The monoisotopic (exact) mass is 281 g/mol. The number of hydrogen-bond acceptors (Lipinski definition) is 6. The molecule has 0 unspecified atom stereocenters. The molecule has 1 spiro atoms. The smallest absolute Gasteiger partial charge is 0.407 e. The van der Waals surface area contributed by atoms with Crippen molar-refractivity contribution in [2.75, 3.05) is 30.4 Å². The van der Waals surface area contributed by atoms with Gasteiger partial charge in [-0.25, -0.2) is 14.8 Å². The highest BCUT2D eigenvalue weighted by Crippen LogP contribution is 2.45. The lowest BCUT2D eigenvalue weighted by atomic mass is 9.77. The average molecular weight is 281 g/mol. The van der Waals surface area contributed by atoms with E-state index in [0.717, 1.165) is 0 Å². The number of fused-ring (bicyclic) bond motifs is 2. The van der Waals surface area contributed by atoms with Gasteiger partial charge in [0.15, 0.2) is 11.0 Å². The van der Waals surface area contributed by atoms with Gasteiger partial charge in [0.1, 0.15) is 11.1 Å². The van der Waals surface area contributed by atoms with E-state index >= 15 is 0 Å². The van der Waals surface area contributed by atoms with Gasteiger partial charge in [-0.2, -0.15) is 0 Å². The molecular formula is C10H11N5O3S. The highest BCUT2D eigenvalue weighted by molar-refractivity contribution is 7.98. The van der Waals surface area contributed by atoms with Crippen LogP contribution in [0.15, 0.2) is 5.16 Å². The van der Waals surface area contributed by atoms with Crippen molar-refractivity contribution in [3.63, 3.8) is 0 Å². The van der Waals surface area contributed by atoms with Crippen LogP contribution in [0.5, 0.6) is 0 Å². The Morgan fingerprint density at radius 2 is 2.21 bits per heavy atom. The second-order valence-corrected chi connectivity index (χ2v) is 5.27. The number of nitrogens with zero attached hydrogens (tertiary/aromatic N) is 3. The Labute approximate surface area is 112 Å². The summed E-state index contributed by atoms with van der Waals surface area (Å²) in [6, 6.07) is 0. The fraction of sp³-hybridized carbons (Fsp3) is 0.400. The number of thioether (sulfide) groups is 1. The lowest BCUT2D eigenvalue weighted by Gasteiger charge is -2.43. The number of aromatic nitrogens is 2. The van der Waals surface area contributed by atoms with Crippen LogP contribution in [-0.2, 0) is 10.2 Å². The van der Waals surface area contributed by atoms with E-state index in [1.165, 1.54) is 16.7 Å². The zero-order valence-electron chi connectivity index (χ0n) is 10.0. The quantitative estimate of drug-likeness (QED) is 0.488. The van der Waals surface area contributed by atoms with E-state index in [-0.39, 0.29) is 24.8 Å². The summed E-state index contributed by atoms with van der Waals surface area (Å²) >= 11 is 1.32. The number of likely N-dealkylation sites (tertiary alicyclic amines) is 1. The van der Waals surface area contributed by atoms with E-state index in [4.69, 9.17) is 10.8 Å². The highest BCUT2D eigenvalue weighted by Gasteiger charge is 2.58. The second-order valence-electron chi connectivity index (χ2n) is 4.49. The minimum absolute atomic E-state index is 0.103. The molecule has 100 valence electrons. The molecule has 4 N–H and O–H groups in total. The molecule has 0 atom stereocenters. The number of nitrogens with two attached hydrogens (primary N) is 1. The molecule has 1 fully saturated rings. The first-order valence-corrected chi connectivity index (χ1v) is 6.72. The van der Waals surface area contributed by atoms with Crippen molar-refractivity contribution in [1.82, 2.24) is 14.9 Å². The molecule has 0 aromatic carbocycles. The maximum absolute atomic E-state index is 12.1. The van der Waals surface area contributed by atoms with Gasteiger partial charge in [0.05, 0.1) is 5.69 Å². The number of carboxylic acid groups (broad SMARTS) is 1. The first-order chi connectivity index (χ1) is 8.98. The van der Waals surface area contributed by atoms with Gasteiger partial charge in [-0.05, 0) is 6.26 Å². The second kappa shape index (κ2) is 3.73. The summed E-state index contributed by atoms with van der Waals surface area (Å²) in [5, 5.41) is 12.0. The Bertz CT molecular complexity index is 599. The van der Waals surface area contributed by atoms with Gasteiger partial charge >= 0.3 is 6.09 Å². The molecule has 0 bridgehead atoms. The number of nitrogens with one attached hydrogen (secondary N) is 1. The molecule has 9 heteroatoms. The molecule has 1 saturated heterocycles. The Kier molecular flexibility index (Phi) is 2.36. The molecule has 2 aliphatic rings. The van der Waals surface area contributed by atoms with Gasteiger partial charge in [0.2, 0.25) is 5.91 Å². The third kappa shape index (κ3) is 1.47. The van der Waals surface area contributed by atoms with Crippen molar-refractivity contribution in [1.29, 1.82) is 0 Å². The average Bonchev–Trinajstić information content (AvgIpc) is 2.59. The van der Waals surface area contributed by atoms with E-state index in [2.05, 4.69) is 15.3 Å². The van der Waals surface area contributed by atoms with Gasteiger partial charge in [0.25, 0.3) is 0 Å². The molecule has 2 aliphatic heterocycles. The van der Waals surface area contributed by atoms with Crippen molar-refractivity contribution in [3.05, 3.63) is 5.69 Å². The molecule has 3 heterocycles. The summed E-state index contributed by atoms with van der Waals surface area (Å²) in [7, 11) is 0. The SMILES string of the molecule is CSc1nc(N)c2c(n1)C1(CN(C(=O)O)C1)C(=O)N2. The van der Waals surface area contributed by atoms with Crippen LogP contribution in [0.3, 0.4) is 0 Å². The third-order valence-corrected chi connectivity index (χ3v) is 3.97. The van der Waals surface area contributed by atoms with E-state index in [1.54, 1.807) is 0 Å². The molecular weight excluding hydrogens is 270 g/mol. The predicted molar refractivity (Wildman–Crippen MR) is 68.1 cm³/mol. The zero-order valence-corrected chi connectivity index (χ0v) is 10.8. The largest absolute Gasteiger partial charge is 0.465 e. The lowest BCUT2D eigenvalue weighted by molar-refractivity contribution is -0.125. The fourth-order valence-electron chi connectivity index (χ4n) is 2.39. The molecule has 19 heavy (non-hydrogen) atoms. The summed E-state index contributed by atoms with van der Waals surface area (Å²) in [5.74, 6) is -0.0485. The number of nitrogen functional groups attached to an aromatic ring is 1. The number of anilines is 2. The Morgan fingerprint density at radius 3 is 2.79 bits per heavy atom. The van der Waals surface area contributed by atoms with E-state index in [1.807, 2.05) is 6.26 Å². The summed E-state index contributed by atoms with van der Waals surface area (Å²) in [6.45, 7) is 0.205. The van der Waals surface area contributed by atoms with Crippen LogP contribution in [0.4, 0.5) is 16.3 Å². The normalized spacial score (nSPS) is 19.0. The third-order valence-electron chi connectivity index (χ3n) is 3.42. The van der Waals surface area contributed by atoms with Crippen LogP contribution in [0.25, 0.3) is 0 Å². The maximum Gasteiger partial charge on any atom is 0.407 e. The van der Waals surface area contributed by atoms with Gasteiger partial charge in [-0.1, -0.05) is 11.8 Å². The minimum Gasteiger partial charge on any atom is -0.465 e. The molecule has 8 nitrogen and oxygen atoms in total. The van der Waals surface area contributed by atoms with Crippen LogP contribution in [0.1, 0.15) is 5.69 Å². The van der Waals surface area contributed by atoms with E-state index in [9.17, 15) is 9.59 Å². The van der Waals surface area contributed by atoms with Gasteiger partial charge in [0, 0.05) is 13.1 Å². The Balaban J connectivity index is 2.05. The Hall–Kier alpha value is -2.03. The maximum atomic E-state index is 12.1. The van der Waals surface area contributed by atoms with Crippen molar-refractivity contribution < 1.29 is 14.7 Å². The Morgan fingerprint density at radius 1 is 1.53 bits per heavy atom. The molecule has 1 aromatic rings. The molecule has 2 amide bonds. The number of hydrogen-bond donors (Lipinski definition) is 3. The molecule has 0 saturated carbocycles. The number of rotatable bonds is 1. The summed E-state index contributed by atoms with van der Waals surface area (Å²) in [5.41, 5.74) is 5.80. The summed E-state index contributed by atoms with van der Waals surface area (Å²) in [6.07, 6.45) is 0.765. The zero-order chi connectivity index (χ0) is 13.8. The fourth-order valence-corrected chi connectivity index (χ4v) is 2.76. The molecule has 3 rings (SSSR count). The van der Waals surface area contributed by atoms with E-state index in [0.29, 0.717) is 16.5 Å². The first kappa shape index (κ1) is 12.0. The van der Waals surface area contributed by atoms with Crippen LogP contribution in [-0.4, -0.2) is 51.3 Å². The van der Waals surface area contributed by atoms with Gasteiger partial charge < -0.3 is 21.1 Å². The van der Waals surface area contributed by atoms with E-state index < -0.39 is 11.5 Å². The molecule has 1 aromatic heterocycles. The van der Waals surface area contributed by atoms with Crippen LogP contribution < -0.4 is 11.1 Å². The minimum atomic E-state index is -1.04. The summed E-state index contributed by atoms with van der Waals surface area (Å²) < 4.78 is 0. The van der Waals surface area contributed by atoms with Crippen LogP contribution >= 0.6 is 11.8 Å². The predicted octanol–water partition coefficient (Wildman–Crippen LogP) is -0.0358. The number of carbonyl (C=O) groups excluding carboxylic acids is 1. The molecule has 0 aliphatic carbocycles. The number of carbonyl (C=O) groups is 2. The van der Waals surface area contributed by atoms with Crippen molar-refractivity contribution >= 4 is 35.3 Å². The van der Waals surface area contributed by atoms with Crippen molar-refractivity contribution in [2.24, 2.45) is 0 Å². The van der Waals surface area contributed by atoms with Crippen molar-refractivity contribution in [2.45, 2.75) is 10.6 Å². The topological polar surface area (TPSA) is 121 Å². The lowest BCUT2D eigenvalue weighted by Crippen LogP contribution is -2.64. The first-order valence-electron chi connectivity index (χ1n) is 5.49. The van der Waals surface area contributed by atoms with Crippen LogP contribution in [0.2, 0.25) is 0 Å². The number of amides is 2. The van der Waals surface area contributed by atoms with Gasteiger partial charge in [-0.15, -0.1) is 0 Å². The van der Waals surface area contributed by atoms with Crippen molar-refractivity contribution in [3.8, 4) is 0 Å². The summed E-state index contributed by atoms with van der Waals surface area (Å²) in [4.78, 5) is 32.5. The highest BCUT2D eigenvalue weighted by atomic mass is 32.2.